The van der Waals surface area contributed by atoms with E-state index in [9.17, 15) is 9.59 Å². The lowest BCUT2D eigenvalue weighted by Crippen LogP contribution is -2.20. The summed E-state index contributed by atoms with van der Waals surface area (Å²) in [7, 11) is 0. The van der Waals surface area contributed by atoms with Gasteiger partial charge in [-0.05, 0) is 51.4 Å². The van der Waals surface area contributed by atoms with Crippen LogP contribution in [0.25, 0.3) is 10.8 Å². The van der Waals surface area contributed by atoms with Gasteiger partial charge in [0.15, 0.2) is 0 Å². The molecule has 2 aromatic rings. The van der Waals surface area contributed by atoms with E-state index < -0.39 is 11.9 Å². The van der Waals surface area contributed by atoms with Crippen molar-refractivity contribution in [2.45, 2.75) is 59.8 Å². The molecule has 0 saturated heterocycles. The van der Waals surface area contributed by atoms with Gasteiger partial charge in [-0.3, -0.25) is 0 Å². The van der Waals surface area contributed by atoms with Gasteiger partial charge >= 0.3 is 11.9 Å². The van der Waals surface area contributed by atoms with Crippen LogP contribution in [-0.4, -0.2) is 11.9 Å². The highest BCUT2D eigenvalue weighted by atomic mass is 16.5. The van der Waals surface area contributed by atoms with Gasteiger partial charge in [-0.15, -0.1) is 0 Å². The third kappa shape index (κ3) is 5.07. The quantitative estimate of drug-likeness (QED) is 0.298. The Morgan fingerprint density at radius 2 is 1.48 bits per heavy atom. The summed E-state index contributed by atoms with van der Waals surface area (Å²) in [6, 6.07) is 7.60. The summed E-state index contributed by atoms with van der Waals surface area (Å²) in [6.07, 6.45) is 4.87. The van der Waals surface area contributed by atoms with Crippen LogP contribution in [0.1, 0.15) is 58.1 Å². The Morgan fingerprint density at radius 1 is 0.968 bits per heavy atom. The van der Waals surface area contributed by atoms with Gasteiger partial charge < -0.3 is 9.47 Å². The van der Waals surface area contributed by atoms with Crippen molar-refractivity contribution in [2.24, 2.45) is 11.8 Å². The molecule has 164 valence electrons. The summed E-state index contributed by atoms with van der Waals surface area (Å²) in [4.78, 5) is 24.9. The molecule has 1 atom stereocenters. The Balaban J connectivity index is 2.17. The topological polar surface area (TPSA) is 52.6 Å². The zero-order chi connectivity index (χ0) is 22.7. The van der Waals surface area contributed by atoms with Crippen molar-refractivity contribution in [1.82, 2.24) is 0 Å². The molecule has 0 fully saturated rings. The fourth-order valence-corrected chi connectivity index (χ4v) is 4.11. The number of carbonyl (C=O) groups excluding carboxylic acids is 2. The minimum absolute atomic E-state index is 0.348. The molecule has 0 aromatic heterocycles. The molecule has 0 N–H and O–H groups in total. The van der Waals surface area contributed by atoms with Gasteiger partial charge in [-0.2, -0.15) is 0 Å². The number of esters is 2. The lowest BCUT2D eigenvalue weighted by molar-refractivity contribution is -0.131. The molecule has 0 amide bonds. The first-order valence-corrected chi connectivity index (χ1v) is 11.0. The van der Waals surface area contributed by atoms with E-state index in [4.69, 9.17) is 9.47 Å². The minimum Gasteiger partial charge on any atom is -0.422 e. The standard InChI is InChI=1S/C27H32O4/c1-16(2)11-12-19-13-14-22-23(15-19)25(31-27(29)18(5)6)21-10-8-7-9-20(21)24(22)30-26(28)17(3)4/h7-10,16,19H,3,5,11-15H2,1-2,4,6H3. The van der Waals surface area contributed by atoms with E-state index in [0.29, 0.717) is 34.5 Å². The van der Waals surface area contributed by atoms with E-state index in [1.165, 1.54) is 0 Å². The number of fused-ring (bicyclic) bond motifs is 2. The Kier molecular flexibility index (Phi) is 6.99. The number of rotatable bonds is 7. The van der Waals surface area contributed by atoms with Gasteiger partial charge in [-0.25, -0.2) is 9.59 Å². The molecule has 1 aliphatic carbocycles. The third-order valence-corrected chi connectivity index (χ3v) is 5.86. The number of benzene rings is 2. The van der Waals surface area contributed by atoms with E-state index in [2.05, 4.69) is 27.0 Å². The third-order valence-electron chi connectivity index (χ3n) is 5.86. The Morgan fingerprint density at radius 3 is 1.97 bits per heavy atom. The second-order valence-electron chi connectivity index (χ2n) is 9.08. The summed E-state index contributed by atoms with van der Waals surface area (Å²) in [6.45, 7) is 15.2. The lowest BCUT2D eigenvalue weighted by atomic mass is 9.78. The summed E-state index contributed by atoms with van der Waals surface area (Å²) in [5, 5.41) is 1.53. The van der Waals surface area contributed by atoms with Crippen molar-refractivity contribution in [3.8, 4) is 11.5 Å². The highest BCUT2D eigenvalue weighted by Crippen LogP contribution is 2.46. The average Bonchev–Trinajstić information content (AvgIpc) is 2.73. The maximum atomic E-state index is 12.5. The van der Waals surface area contributed by atoms with Crippen LogP contribution >= 0.6 is 0 Å². The average molecular weight is 421 g/mol. The monoisotopic (exact) mass is 420 g/mol. The molecule has 1 unspecified atom stereocenters. The van der Waals surface area contributed by atoms with Crippen LogP contribution in [0.4, 0.5) is 0 Å². The summed E-state index contributed by atoms with van der Waals surface area (Å²) in [5.41, 5.74) is 2.63. The molecule has 3 rings (SSSR count). The minimum atomic E-state index is -0.444. The first-order valence-electron chi connectivity index (χ1n) is 11.0. The molecule has 0 bridgehead atoms. The van der Waals surface area contributed by atoms with Gasteiger partial charge in [0.1, 0.15) is 11.5 Å². The van der Waals surface area contributed by atoms with E-state index in [1.807, 2.05) is 24.3 Å². The van der Waals surface area contributed by atoms with Crippen LogP contribution in [0.3, 0.4) is 0 Å². The molecular weight excluding hydrogens is 388 g/mol. The maximum absolute atomic E-state index is 12.5. The molecule has 1 aliphatic rings. The number of hydrogen-bond donors (Lipinski definition) is 0. The molecule has 0 heterocycles. The second-order valence-corrected chi connectivity index (χ2v) is 9.08. The van der Waals surface area contributed by atoms with Crippen LogP contribution in [0, 0.1) is 11.8 Å². The Labute approximate surface area is 184 Å². The van der Waals surface area contributed by atoms with Gasteiger partial charge in [0, 0.05) is 33.0 Å². The molecule has 2 aromatic carbocycles. The highest BCUT2D eigenvalue weighted by Gasteiger charge is 2.30. The number of carbonyl (C=O) groups is 2. The molecule has 0 radical (unpaired) electrons. The van der Waals surface area contributed by atoms with Crippen molar-refractivity contribution in [1.29, 1.82) is 0 Å². The Hall–Kier alpha value is -2.88. The van der Waals surface area contributed by atoms with Crippen LogP contribution in [0.5, 0.6) is 11.5 Å². The summed E-state index contributed by atoms with van der Waals surface area (Å²) in [5.74, 6) is 1.40. The fraction of sp³-hybridized carbons (Fsp3) is 0.407. The van der Waals surface area contributed by atoms with Crippen molar-refractivity contribution >= 4 is 22.7 Å². The molecule has 0 aliphatic heterocycles. The van der Waals surface area contributed by atoms with Crippen molar-refractivity contribution < 1.29 is 19.1 Å². The molecule has 31 heavy (non-hydrogen) atoms. The Bertz CT molecular complexity index is 1040. The fourth-order valence-electron chi connectivity index (χ4n) is 4.11. The maximum Gasteiger partial charge on any atom is 0.338 e. The zero-order valence-corrected chi connectivity index (χ0v) is 19.0. The summed E-state index contributed by atoms with van der Waals surface area (Å²) < 4.78 is 11.7. The first kappa shape index (κ1) is 22.8. The number of ether oxygens (including phenoxy) is 2. The van der Waals surface area contributed by atoms with E-state index in [-0.39, 0.29) is 0 Å². The lowest BCUT2D eigenvalue weighted by Gasteiger charge is -2.29. The van der Waals surface area contributed by atoms with E-state index in [1.54, 1.807) is 13.8 Å². The number of hydrogen-bond acceptors (Lipinski definition) is 4. The molecule has 0 spiro atoms. The van der Waals surface area contributed by atoms with Crippen molar-refractivity contribution in [2.75, 3.05) is 0 Å². The van der Waals surface area contributed by atoms with Crippen LogP contribution in [-0.2, 0) is 22.4 Å². The molecule has 4 heteroatoms. The SMILES string of the molecule is C=C(C)C(=O)Oc1c2c(c(OC(=O)C(=C)C)c3ccccc13)CC(CCC(C)C)CC2. The van der Waals surface area contributed by atoms with Crippen molar-refractivity contribution in [3.05, 3.63) is 59.7 Å². The molecular formula is C27H32O4. The van der Waals surface area contributed by atoms with Crippen LogP contribution in [0.2, 0.25) is 0 Å². The van der Waals surface area contributed by atoms with E-state index >= 15 is 0 Å². The normalized spacial score (nSPS) is 15.5. The van der Waals surface area contributed by atoms with Gasteiger partial charge in [0.25, 0.3) is 0 Å². The molecule has 4 nitrogen and oxygen atoms in total. The smallest absolute Gasteiger partial charge is 0.338 e. The molecule has 0 saturated carbocycles. The largest absolute Gasteiger partial charge is 0.422 e. The zero-order valence-electron chi connectivity index (χ0n) is 19.0. The highest BCUT2D eigenvalue weighted by molar-refractivity contribution is 6.01. The van der Waals surface area contributed by atoms with Crippen molar-refractivity contribution in [3.63, 3.8) is 0 Å². The summed E-state index contributed by atoms with van der Waals surface area (Å²) >= 11 is 0. The van der Waals surface area contributed by atoms with E-state index in [0.717, 1.165) is 54.0 Å². The van der Waals surface area contributed by atoms with Gasteiger partial charge in [-0.1, -0.05) is 57.7 Å². The van der Waals surface area contributed by atoms with Crippen LogP contribution < -0.4 is 9.47 Å². The second kappa shape index (κ2) is 9.51. The van der Waals surface area contributed by atoms with Gasteiger partial charge in [0.2, 0.25) is 0 Å². The van der Waals surface area contributed by atoms with Gasteiger partial charge in [0.05, 0.1) is 0 Å². The predicted octanol–water partition coefficient (Wildman–Crippen LogP) is 6.34. The van der Waals surface area contributed by atoms with Crippen LogP contribution in [0.15, 0.2) is 48.6 Å². The predicted molar refractivity (Wildman–Crippen MR) is 124 cm³/mol. The first-order chi connectivity index (χ1) is 14.7.